The van der Waals surface area contributed by atoms with E-state index in [0.29, 0.717) is 31.7 Å². The molecule has 7 nitrogen and oxygen atoms in total. The van der Waals surface area contributed by atoms with E-state index in [1.165, 1.54) is 24.3 Å². The van der Waals surface area contributed by atoms with Gasteiger partial charge in [-0.05, 0) is 56.4 Å². The van der Waals surface area contributed by atoms with Crippen LogP contribution in [0.15, 0.2) is 24.3 Å². The second-order valence-corrected chi connectivity index (χ2v) is 7.61. The number of halogens is 1. The SMILES string of the molecule is O=C(NCC[C@@H]1CC[C@@H](NC(=O)C2CCOCC2)[C@@H](CO)O1)c1ccc(F)cc1. The molecule has 2 heterocycles. The molecule has 3 N–H and O–H groups in total. The molecular weight excluding hydrogens is 379 g/mol. The van der Waals surface area contributed by atoms with Gasteiger partial charge in [0.15, 0.2) is 0 Å². The smallest absolute Gasteiger partial charge is 0.251 e. The van der Waals surface area contributed by atoms with Crippen molar-refractivity contribution < 1.29 is 28.6 Å². The summed E-state index contributed by atoms with van der Waals surface area (Å²) in [5, 5.41) is 15.5. The molecule has 8 heteroatoms. The van der Waals surface area contributed by atoms with Crippen LogP contribution in [0, 0.1) is 11.7 Å². The van der Waals surface area contributed by atoms with Crippen LogP contribution in [-0.4, -0.2) is 61.5 Å². The standard InChI is InChI=1S/C21H29FN2O5/c22-16-3-1-14(2-4-16)20(26)23-10-7-17-5-6-18(19(13-25)29-17)24-21(27)15-8-11-28-12-9-15/h1-4,15,17-19,25H,5-13H2,(H,23,26)(H,24,27)/t17-,18+,19+/m0/s1. The van der Waals surface area contributed by atoms with Gasteiger partial charge >= 0.3 is 0 Å². The van der Waals surface area contributed by atoms with Gasteiger partial charge in [-0.25, -0.2) is 4.39 Å². The van der Waals surface area contributed by atoms with Crippen LogP contribution >= 0.6 is 0 Å². The lowest BCUT2D eigenvalue weighted by molar-refractivity contribution is -0.134. The molecule has 2 amide bonds. The second-order valence-electron chi connectivity index (χ2n) is 7.61. The van der Waals surface area contributed by atoms with Crippen LogP contribution in [0.4, 0.5) is 4.39 Å². The minimum atomic E-state index is -0.453. The Morgan fingerprint density at radius 1 is 1.10 bits per heavy atom. The fraction of sp³-hybridized carbons (Fsp3) is 0.619. The van der Waals surface area contributed by atoms with Crippen molar-refractivity contribution in [2.75, 3.05) is 26.4 Å². The molecular formula is C21H29FN2O5. The fourth-order valence-electron chi connectivity index (χ4n) is 3.82. The number of amides is 2. The zero-order valence-corrected chi connectivity index (χ0v) is 16.4. The molecule has 160 valence electrons. The molecule has 0 unspecified atom stereocenters. The molecule has 0 aliphatic carbocycles. The molecule has 0 saturated carbocycles. The molecule has 0 spiro atoms. The third kappa shape index (κ3) is 6.22. The van der Waals surface area contributed by atoms with Gasteiger partial charge in [0.25, 0.3) is 5.91 Å². The Morgan fingerprint density at radius 2 is 1.83 bits per heavy atom. The Balaban J connectivity index is 1.41. The average molecular weight is 408 g/mol. The quantitative estimate of drug-likeness (QED) is 0.634. The first-order valence-corrected chi connectivity index (χ1v) is 10.2. The van der Waals surface area contributed by atoms with Crippen LogP contribution in [0.1, 0.15) is 42.5 Å². The van der Waals surface area contributed by atoms with E-state index in [9.17, 15) is 19.1 Å². The molecule has 0 radical (unpaired) electrons. The Morgan fingerprint density at radius 3 is 2.52 bits per heavy atom. The van der Waals surface area contributed by atoms with Crippen LogP contribution in [0.25, 0.3) is 0 Å². The minimum Gasteiger partial charge on any atom is -0.394 e. The van der Waals surface area contributed by atoms with Gasteiger partial charge < -0.3 is 25.2 Å². The second kappa shape index (κ2) is 10.7. The lowest BCUT2D eigenvalue weighted by Crippen LogP contribution is -2.52. The van der Waals surface area contributed by atoms with Crippen LogP contribution in [-0.2, 0) is 14.3 Å². The van der Waals surface area contributed by atoms with E-state index in [0.717, 1.165) is 25.7 Å². The van der Waals surface area contributed by atoms with E-state index in [2.05, 4.69) is 10.6 Å². The van der Waals surface area contributed by atoms with Crippen LogP contribution < -0.4 is 10.6 Å². The number of nitrogens with one attached hydrogen (secondary N) is 2. The number of hydrogen-bond acceptors (Lipinski definition) is 5. The summed E-state index contributed by atoms with van der Waals surface area (Å²) in [5.41, 5.74) is 0.403. The number of ether oxygens (including phenoxy) is 2. The minimum absolute atomic E-state index is 0.00496. The highest BCUT2D eigenvalue weighted by molar-refractivity contribution is 5.94. The zero-order valence-electron chi connectivity index (χ0n) is 16.4. The van der Waals surface area contributed by atoms with Crippen molar-refractivity contribution in [2.24, 2.45) is 5.92 Å². The van der Waals surface area contributed by atoms with Gasteiger partial charge in [0.1, 0.15) is 11.9 Å². The first-order valence-electron chi connectivity index (χ1n) is 10.2. The van der Waals surface area contributed by atoms with Gasteiger partial charge in [-0.2, -0.15) is 0 Å². The van der Waals surface area contributed by atoms with Crippen LogP contribution in [0.5, 0.6) is 0 Å². The zero-order chi connectivity index (χ0) is 20.6. The summed E-state index contributed by atoms with van der Waals surface area (Å²) in [5.74, 6) is -0.681. The number of benzene rings is 1. The number of aliphatic hydroxyl groups is 1. The summed E-state index contributed by atoms with van der Waals surface area (Å²) in [4.78, 5) is 24.5. The van der Waals surface area contributed by atoms with E-state index in [1.807, 2.05) is 0 Å². The molecule has 2 saturated heterocycles. The highest BCUT2D eigenvalue weighted by atomic mass is 19.1. The number of carbonyl (C=O) groups excluding carboxylic acids is 2. The van der Waals surface area contributed by atoms with Crippen molar-refractivity contribution >= 4 is 11.8 Å². The summed E-state index contributed by atoms with van der Waals surface area (Å²) in [6.45, 7) is 1.46. The van der Waals surface area contributed by atoms with Crippen LogP contribution in [0.3, 0.4) is 0 Å². The van der Waals surface area contributed by atoms with Crippen molar-refractivity contribution in [1.29, 1.82) is 0 Å². The van der Waals surface area contributed by atoms with E-state index in [1.54, 1.807) is 0 Å². The molecule has 1 aromatic rings. The van der Waals surface area contributed by atoms with Crippen LogP contribution in [0.2, 0.25) is 0 Å². The molecule has 0 aromatic heterocycles. The topological polar surface area (TPSA) is 96.9 Å². The van der Waals surface area contributed by atoms with E-state index >= 15 is 0 Å². The largest absolute Gasteiger partial charge is 0.394 e. The van der Waals surface area contributed by atoms with Crippen molar-refractivity contribution in [3.8, 4) is 0 Å². The van der Waals surface area contributed by atoms with Gasteiger partial charge in [-0.3, -0.25) is 9.59 Å². The van der Waals surface area contributed by atoms with E-state index in [4.69, 9.17) is 9.47 Å². The normalized spacial score (nSPS) is 25.4. The summed E-state index contributed by atoms with van der Waals surface area (Å²) in [7, 11) is 0. The summed E-state index contributed by atoms with van der Waals surface area (Å²) >= 11 is 0. The Labute approximate surface area is 170 Å². The molecule has 2 aliphatic rings. The number of carbonyl (C=O) groups is 2. The number of hydrogen-bond donors (Lipinski definition) is 3. The maximum absolute atomic E-state index is 12.9. The fourth-order valence-corrected chi connectivity index (χ4v) is 3.82. The van der Waals surface area contributed by atoms with Gasteiger partial charge in [-0.15, -0.1) is 0 Å². The molecule has 2 fully saturated rings. The summed E-state index contributed by atoms with van der Waals surface area (Å²) < 4.78 is 24.2. The maximum atomic E-state index is 12.9. The number of aliphatic hydroxyl groups excluding tert-OH is 1. The molecule has 2 aliphatic heterocycles. The first kappa shape index (κ1) is 21.7. The highest BCUT2D eigenvalue weighted by Crippen LogP contribution is 2.23. The van der Waals surface area contributed by atoms with Gasteiger partial charge in [0.2, 0.25) is 5.91 Å². The molecule has 3 atom stereocenters. The third-order valence-electron chi connectivity index (χ3n) is 5.57. The molecule has 3 rings (SSSR count). The Bertz CT molecular complexity index is 678. The first-order chi connectivity index (χ1) is 14.1. The summed E-state index contributed by atoms with van der Waals surface area (Å²) in [6.07, 6.45) is 2.95. The maximum Gasteiger partial charge on any atom is 0.251 e. The van der Waals surface area contributed by atoms with E-state index in [-0.39, 0.29) is 42.3 Å². The van der Waals surface area contributed by atoms with Gasteiger partial charge in [-0.1, -0.05) is 0 Å². The van der Waals surface area contributed by atoms with Gasteiger partial charge in [0, 0.05) is 31.2 Å². The van der Waals surface area contributed by atoms with E-state index < -0.39 is 6.10 Å². The lowest BCUT2D eigenvalue weighted by Gasteiger charge is -2.37. The third-order valence-corrected chi connectivity index (χ3v) is 5.57. The predicted octanol–water partition coefficient (Wildman–Crippen LogP) is 1.40. The lowest BCUT2D eigenvalue weighted by atomic mass is 9.94. The van der Waals surface area contributed by atoms with Crippen molar-refractivity contribution in [1.82, 2.24) is 10.6 Å². The van der Waals surface area contributed by atoms with Gasteiger partial charge in [0.05, 0.1) is 18.8 Å². The molecule has 29 heavy (non-hydrogen) atoms. The number of rotatable bonds is 7. The van der Waals surface area contributed by atoms with Crippen molar-refractivity contribution in [3.05, 3.63) is 35.6 Å². The Hall–Kier alpha value is -2.03. The highest BCUT2D eigenvalue weighted by Gasteiger charge is 2.33. The average Bonchev–Trinajstić information content (AvgIpc) is 2.75. The van der Waals surface area contributed by atoms with Crippen molar-refractivity contribution in [2.45, 2.75) is 50.4 Å². The molecule has 0 bridgehead atoms. The monoisotopic (exact) mass is 408 g/mol. The van der Waals surface area contributed by atoms with Crippen molar-refractivity contribution in [3.63, 3.8) is 0 Å². The molecule has 1 aromatic carbocycles. The summed E-state index contributed by atoms with van der Waals surface area (Å²) in [6, 6.07) is 5.17. The Kier molecular flexibility index (Phi) is 7.97. The predicted molar refractivity (Wildman–Crippen MR) is 104 cm³/mol.